The Hall–Kier alpha value is -0.300. The molecule has 10 heavy (non-hydrogen) atoms. The lowest BCUT2D eigenvalue weighted by Crippen LogP contribution is -2.28. The number of fused-ring (bicyclic) bond motifs is 1. The second-order valence-electron chi connectivity index (χ2n) is 3.54. The average Bonchev–Trinajstić information content (AvgIpc) is 2.63. The topological polar surface area (TPSA) is 12.0 Å². The number of nitrogens with one attached hydrogen (secondary N) is 1. The van der Waals surface area contributed by atoms with Crippen LogP contribution in [0.2, 0.25) is 0 Å². The zero-order valence-corrected chi connectivity index (χ0v) is 6.34. The molecule has 2 rings (SSSR count). The fraction of sp³-hybridized carbons (Fsp3) is 0.778. The third-order valence-corrected chi connectivity index (χ3v) is 2.87. The van der Waals surface area contributed by atoms with E-state index >= 15 is 0 Å². The minimum absolute atomic E-state index is 0.836. The van der Waals surface area contributed by atoms with Crippen molar-refractivity contribution in [3.05, 3.63) is 12.7 Å². The third kappa shape index (κ3) is 0.988. The highest BCUT2D eigenvalue weighted by atomic mass is 14.9. The van der Waals surface area contributed by atoms with Gasteiger partial charge in [-0.25, -0.2) is 0 Å². The molecule has 0 spiro atoms. The summed E-state index contributed by atoms with van der Waals surface area (Å²) < 4.78 is 0. The molecule has 0 bridgehead atoms. The second kappa shape index (κ2) is 2.39. The molecule has 1 N–H and O–H groups in total. The fourth-order valence-electron chi connectivity index (χ4n) is 2.19. The van der Waals surface area contributed by atoms with E-state index in [-0.39, 0.29) is 0 Å². The summed E-state index contributed by atoms with van der Waals surface area (Å²) in [5, 5.41) is 3.50. The van der Waals surface area contributed by atoms with Crippen molar-refractivity contribution in [3.63, 3.8) is 0 Å². The van der Waals surface area contributed by atoms with E-state index in [1.54, 1.807) is 0 Å². The van der Waals surface area contributed by atoms with Crippen LogP contribution in [0.1, 0.15) is 19.3 Å². The highest BCUT2D eigenvalue weighted by molar-refractivity contribution is 5.01. The summed E-state index contributed by atoms with van der Waals surface area (Å²) in [6.45, 7) is 4.69. The minimum atomic E-state index is 0.836. The van der Waals surface area contributed by atoms with Gasteiger partial charge in [-0.1, -0.05) is 6.08 Å². The first-order valence-corrected chi connectivity index (χ1v) is 4.26. The van der Waals surface area contributed by atoms with Crippen molar-refractivity contribution in [1.29, 1.82) is 0 Å². The molecule has 0 unspecified atom stereocenters. The van der Waals surface area contributed by atoms with Crippen LogP contribution in [-0.2, 0) is 0 Å². The van der Waals surface area contributed by atoms with Gasteiger partial charge in [-0.3, -0.25) is 0 Å². The number of hydrogen-bond acceptors (Lipinski definition) is 1. The van der Waals surface area contributed by atoms with Crippen molar-refractivity contribution in [1.82, 2.24) is 5.32 Å². The maximum absolute atomic E-state index is 3.70. The van der Waals surface area contributed by atoms with Crippen LogP contribution in [-0.4, -0.2) is 12.6 Å². The molecule has 0 heterocycles. The largest absolute Gasteiger partial charge is 0.310 e. The van der Waals surface area contributed by atoms with E-state index in [1.165, 1.54) is 19.3 Å². The van der Waals surface area contributed by atoms with Crippen LogP contribution in [0.3, 0.4) is 0 Å². The number of hydrogen-bond donors (Lipinski definition) is 1. The van der Waals surface area contributed by atoms with Crippen LogP contribution in [0.5, 0.6) is 0 Å². The highest BCUT2D eigenvalue weighted by Gasteiger charge is 2.47. The smallest absolute Gasteiger partial charge is 0.0134 e. The predicted molar refractivity (Wildman–Crippen MR) is 42.8 cm³/mol. The summed E-state index contributed by atoms with van der Waals surface area (Å²) in [6.07, 6.45) is 6.33. The van der Waals surface area contributed by atoms with E-state index in [1.807, 2.05) is 6.08 Å². The molecule has 56 valence electrons. The zero-order chi connectivity index (χ0) is 6.97. The van der Waals surface area contributed by atoms with E-state index in [0.717, 1.165) is 24.4 Å². The Morgan fingerprint density at radius 3 is 2.90 bits per heavy atom. The van der Waals surface area contributed by atoms with Gasteiger partial charge in [0, 0.05) is 12.6 Å². The Bertz CT molecular complexity index is 142. The maximum Gasteiger partial charge on any atom is 0.0134 e. The van der Waals surface area contributed by atoms with E-state index in [0.29, 0.717) is 0 Å². The van der Waals surface area contributed by atoms with Gasteiger partial charge in [-0.05, 0) is 31.1 Å². The normalized spacial score (nSPS) is 43.0. The molecule has 2 saturated carbocycles. The molecular formula is C9H15N. The summed E-state index contributed by atoms with van der Waals surface area (Å²) in [6, 6.07) is 0.836. The predicted octanol–water partition coefficient (Wildman–Crippen LogP) is 1.56. The average molecular weight is 137 g/mol. The summed E-state index contributed by atoms with van der Waals surface area (Å²) >= 11 is 0. The molecule has 2 fully saturated rings. The Labute approximate surface area is 62.5 Å². The first kappa shape index (κ1) is 6.41. The second-order valence-corrected chi connectivity index (χ2v) is 3.54. The van der Waals surface area contributed by atoms with Gasteiger partial charge in [0.05, 0.1) is 0 Å². The van der Waals surface area contributed by atoms with Crippen molar-refractivity contribution < 1.29 is 0 Å². The molecule has 2 aliphatic carbocycles. The van der Waals surface area contributed by atoms with Gasteiger partial charge in [-0.2, -0.15) is 0 Å². The Morgan fingerprint density at radius 1 is 1.50 bits per heavy atom. The highest BCUT2D eigenvalue weighted by Crippen LogP contribution is 2.51. The van der Waals surface area contributed by atoms with Crippen molar-refractivity contribution in [2.24, 2.45) is 11.8 Å². The van der Waals surface area contributed by atoms with Crippen LogP contribution in [0.4, 0.5) is 0 Å². The van der Waals surface area contributed by atoms with Gasteiger partial charge in [0.1, 0.15) is 0 Å². The van der Waals surface area contributed by atoms with Gasteiger partial charge >= 0.3 is 0 Å². The van der Waals surface area contributed by atoms with E-state index in [9.17, 15) is 0 Å². The van der Waals surface area contributed by atoms with Crippen LogP contribution < -0.4 is 5.32 Å². The van der Waals surface area contributed by atoms with Crippen LogP contribution >= 0.6 is 0 Å². The lowest BCUT2D eigenvalue weighted by atomic mass is 10.2. The molecule has 3 atom stereocenters. The zero-order valence-electron chi connectivity index (χ0n) is 6.34. The van der Waals surface area contributed by atoms with Gasteiger partial charge in [0.2, 0.25) is 0 Å². The molecule has 1 heteroatoms. The Morgan fingerprint density at radius 2 is 2.40 bits per heavy atom. The Kier molecular flexibility index (Phi) is 1.53. The molecule has 2 aliphatic rings. The molecule has 0 radical (unpaired) electrons. The lowest BCUT2D eigenvalue weighted by molar-refractivity contribution is 0.500. The summed E-state index contributed by atoms with van der Waals surface area (Å²) in [5.74, 6) is 2.14. The summed E-state index contributed by atoms with van der Waals surface area (Å²) in [7, 11) is 0. The lowest BCUT2D eigenvalue weighted by Gasteiger charge is -2.11. The first-order chi connectivity index (χ1) is 4.92. The SMILES string of the molecule is C=CCN[C@@H]1CC[C@@H]2C[C@@H]21. The van der Waals surface area contributed by atoms with Gasteiger partial charge in [0.25, 0.3) is 0 Å². The van der Waals surface area contributed by atoms with E-state index in [2.05, 4.69) is 11.9 Å². The molecule has 0 aliphatic heterocycles. The maximum atomic E-state index is 3.70. The summed E-state index contributed by atoms with van der Waals surface area (Å²) in [5.41, 5.74) is 0. The monoisotopic (exact) mass is 137 g/mol. The van der Waals surface area contributed by atoms with Crippen LogP contribution in [0.15, 0.2) is 12.7 Å². The molecule has 0 aromatic carbocycles. The van der Waals surface area contributed by atoms with Gasteiger partial charge < -0.3 is 5.32 Å². The standard InChI is InChI=1S/C9H15N/c1-2-5-10-9-4-3-7-6-8(7)9/h2,7-10H,1,3-6H2/t7-,8+,9-/m1/s1. The molecule has 0 saturated heterocycles. The summed E-state index contributed by atoms with van der Waals surface area (Å²) in [4.78, 5) is 0. The third-order valence-electron chi connectivity index (χ3n) is 2.87. The molecular weight excluding hydrogens is 122 g/mol. The van der Waals surface area contributed by atoms with Crippen LogP contribution in [0, 0.1) is 11.8 Å². The molecule has 0 amide bonds. The van der Waals surface area contributed by atoms with Crippen LogP contribution in [0.25, 0.3) is 0 Å². The van der Waals surface area contributed by atoms with Crippen molar-refractivity contribution in [2.45, 2.75) is 25.3 Å². The van der Waals surface area contributed by atoms with Gasteiger partial charge in [-0.15, -0.1) is 6.58 Å². The van der Waals surface area contributed by atoms with Crippen molar-refractivity contribution in [2.75, 3.05) is 6.54 Å². The molecule has 0 aromatic heterocycles. The van der Waals surface area contributed by atoms with Crippen molar-refractivity contribution in [3.8, 4) is 0 Å². The quantitative estimate of drug-likeness (QED) is 0.582. The van der Waals surface area contributed by atoms with Crippen molar-refractivity contribution >= 4 is 0 Å². The van der Waals surface area contributed by atoms with E-state index < -0.39 is 0 Å². The molecule has 1 nitrogen and oxygen atoms in total. The molecule has 0 aromatic rings. The fourth-order valence-corrected chi connectivity index (χ4v) is 2.19. The first-order valence-electron chi connectivity index (χ1n) is 4.26. The van der Waals surface area contributed by atoms with E-state index in [4.69, 9.17) is 0 Å². The van der Waals surface area contributed by atoms with Gasteiger partial charge in [0.15, 0.2) is 0 Å². The minimum Gasteiger partial charge on any atom is -0.310 e. The number of rotatable bonds is 3. The Balaban J connectivity index is 1.77.